The smallest absolute Gasteiger partial charge is 0.276 e. The third-order valence-electron chi connectivity index (χ3n) is 4.03. The van der Waals surface area contributed by atoms with E-state index in [1.807, 2.05) is 29.9 Å². The number of anilines is 1. The van der Waals surface area contributed by atoms with E-state index < -0.39 is 0 Å². The number of fused-ring (bicyclic) bond motifs is 2. The molecule has 0 spiro atoms. The summed E-state index contributed by atoms with van der Waals surface area (Å²) in [5, 5.41) is 15.2. The molecule has 6 heteroatoms. The molecule has 1 aliphatic rings. The number of hydrogen-bond acceptors (Lipinski definition) is 3. The van der Waals surface area contributed by atoms with Crippen LogP contribution in [0, 0.1) is 0 Å². The van der Waals surface area contributed by atoms with E-state index in [2.05, 4.69) is 20.6 Å². The number of carbonyl (C=O) groups excluding carboxylic acids is 1. The van der Waals surface area contributed by atoms with E-state index in [0.29, 0.717) is 5.69 Å². The molecule has 1 aromatic carbocycles. The van der Waals surface area contributed by atoms with Crippen LogP contribution in [-0.2, 0) is 19.9 Å². The molecule has 0 aliphatic heterocycles. The van der Waals surface area contributed by atoms with Gasteiger partial charge < -0.3 is 5.32 Å². The van der Waals surface area contributed by atoms with Crippen molar-refractivity contribution in [3.05, 3.63) is 41.3 Å². The summed E-state index contributed by atoms with van der Waals surface area (Å²) in [5.41, 5.74) is 4.48. The van der Waals surface area contributed by atoms with Gasteiger partial charge in [0.15, 0.2) is 5.69 Å². The number of aromatic nitrogens is 4. The van der Waals surface area contributed by atoms with Crippen LogP contribution in [-0.4, -0.2) is 25.9 Å². The summed E-state index contributed by atoms with van der Waals surface area (Å²) in [6.45, 7) is 0. The van der Waals surface area contributed by atoms with Crippen molar-refractivity contribution in [2.45, 2.75) is 19.3 Å². The Balaban J connectivity index is 1.65. The Hall–Kier alpha value is -2.63. The predicted molar refractivity (Wildman–Crippen MR) is 79.3 cm³/mol. The Morgan fingerprint density at radius 1 is 1.38 bits per heavy atom. The number of amides is 1. The van der Waals surface area contributed by atoms with Gasteiger partial charge in [-0.25, -0.2) is 0 Å². The summed E-state index contributed by atoms with van der Waals surface area (Å²) in [4.78, 5) is 12.4. The second-order valence-electron chi connectivity index (χ2n) is 5.38. The zero-order valence-electron chi connectivity index (χ0n) is 11.7. The van der Waals surface area contributed by atoms with Gasteiger partial charge in [0.2, 0.25) is 0 Å². The Bertz CT molecular complexity index is 845. The molecule has 2 aromatic heterocycles. The number of hydrogen-bond donors (Lipinski definition) is 2. The number of carbonyl (C=O) groups is 1. The SMILES string of the molecule is Cn1nc(C(=O)Nc2ccc3cn[nH]c3c2)c2c1CCC2. The average molecular weight is 281 g/mol. The minimum absolute atomic E-state index is 0.146. The average Bonchev–Trinajstić information content (AvgIpc) is 3.16. The Labute approximate surface area is 121 Å². The fourth-order valence-electron chi connectivity index (χ4n) is 3.00. The van der Waals surface area contributed by atoms with Crippen molar-refractivity contribution in [2.75, 3.05) is 5.32 Å². The van der Waals surface area contributed by atoms with Crippen LogP contribution in [0.5, 0.6) is 0 Å². The van der Waals surface area contributed by atoms with Crippen molar-refractivity contribution in [2.24, 2.45) is 7.05 Å². The molecule has 0 saturated heterocycles. The highest BCUT2D eigenvalue weighted by atomic mass is 16.2. The third-order valence-corrected chi connectivity index (χ3v) is 4.03. The van der Waals surface area contributed by atoms with E-state index in [4.69, 9.17) is 0 Å². The molecule has 0 fully saturated rings. The lowest BCUT2D eigenvalue weighted by atomic mass is 10.2. The highest BCUT2D eigenvalue weighted by Crippen LogP contribution is 2.25. The molecule has 2 heterocycles. The highest BCUT2D eigenvalue weighted by molar-refractivity contribution is 6.04. The molecule has 1 aliphatic carbocycles. The number of rotatable bonds is 2. The van der Waals surface area contributed by atoms with Gasteiger partial charge in [0.1, 0.15) is 0 Å². The fraction of sp³-hybridized carbons (Fsp3) is 0.267. The topological polar surface area (TPSA) is 75.6 Å². The Morgan fingerprint density at radius 3 is 3.19 bits per heavy atom. The first-order valence-corrected chi connectivity index (χ1v) is 7.01. The lowest BCUT2D eigenvalue weighted by Gasteiger charge is -2.04. The largest absolute Gasteiger partial charge is 0.321 e. The molecule has 0 saturated carbocycles. The number of benzene rings is 1. The molecular formula is C15H15N5O. The van der Waals surface area contributed by atoms with Gasteiger partial charge in [-0.3, -0.25) is 14.6 Å². The van der Waals surface area contributed by atoms with Gasteiger partial charge in [0, 0.05) is 29.4 Å². The lowest BCUT2D eigenvalue weighted by Crippen LogP contribution is -2.14. The van der Waals surface area contributed by atoms with Crippen molar-refractivity contribution in [1.82, 2.24) is 20.0 Å². The molecule has 4 rings (SSSR count). The quantitative estimate of drug-likeness (QED) is 0.754. The standard InChI is InChI=1S/C15H15N5O/c1-20-13-4-2-3-11(13)14(19-20)15(21)17-10-6-5-9-8-16-18-12(9)7-10/h5-8H,2-4H2,1H3,(H,16,18)(H,17,21). The van der Waals surface area contributed by atoms with E-state index >= 15 is 0 Å². The summed E-state index contributed by atoms with van der Waals surface area (Å²) < 4.78 is 1.83. The maximum absolute atomic E-state index is 12.4. The number of nitrogens with zero attached hydrogens (tertiary/aromatic N) is 3. The van der Waals surface area contributed by atoms with Gasteiger partial charge in [0.25, 0.3) is 5.91 Å². The van der Waals surface area contributed by atoms with Crippen LogP contribution in [0.25, 0.3) is 10.9 Å². The first kappa shape index (κ1) is 12.1. The predicted octanol–water partition coefficient (Wildman–Crippen LogP) is 2.04. The molecule has 106 valence electrons. The molecular weight excluding hydrogens is 266 g/mol. The summed E-state index contributed by atoms with van der Waals surface area (Å²) in [6.07, 6.45) is 4.80. The first-order valence-electron chi connectivity index (χ1n) is 7.01. The monoisotopic (exact) mass is 281 g/mol. The van der Waals surface area contributed by atoms with Crippen LogP contribution in [0.15, 0.2) is 24.4 Å². The van der Waals surface area contributed by atoms with Crippen molar-refractivity contribution < 1.29 is 4.79 Å². The molecule has 0 radical (unpaired) electrons. The molecule has 21 heavy (non-hydrogen) atoms. The van der Waals surface area contributed by atoms with Crippen LogP contribution in [0.3, 0.4) is 0 Å². The molecule has 0 unspecified atom stereocenters. The van der Waals surface area contributed by atoms with E-state index in [0.717, 1.165) is 41.4 Å². The Kier molecular flexibility index (Phi) is 2.57. The van der Waals surface area contributed by atoms with E-state index in [-0.39, 0.29) is 5.91 Å². The van der Waals surface area contributed by atoms with Crippen LogP contribution in [0.4, 0.5) is 5.69 Å². The van der Waals surface area contributed by atoms with Crippen molar-refractivity contribution in [3.8, 4) is 0 Å². The van der Waals surface area contributed by atoms with Crippen LogP contribution in [0.1, 0.15) is 28.2 Å². The van der Waals surface area contributed by atoms with E-state index in [9.17, 15) is 4.79 Å². The van der Waals surface area contributed by atoms with Crippen molar-refractivity contribution in [3.63, 3.8) is 0 Å². The number of nitrogens with one attached hydrogen (secondary N) is 2. The van der Waals surface area contributed by atoms with Gasteiger partial charge in [-0.1, -0.05) is 0 Å². The van der Waals surface area contributed by atoms with Crippen molar-refractivity contribution in [1.29, 1.82) is 0 Å². The summed E-state index contributed by atoms with van der Waals surface area (Å²) >= 11 is 0. The van der Waals surface area contributed by atoms with E-state index in [1.54, 1.807) is 6.20 Å². The second kappa shape index (κ2) is 4.44. The zero-order chi connectivity index (χ0) is 14.4. The number of aryl methyl sites for hydroxylation is 1. The van der Waals surface area contributed by atoms with Crippen LogP contribution in [0.2, 0.25) is 0 Å². The maximum atomic E-state index is 12.4. The van der Waals surface area contributed by atoms with Gasteiger partial charge in [-0.15, -0.1) is 0 Å². The second-order valence-corrected chi connectivity index (χ2v) is 5.38. The molecule has 3 aromatic rings. The van der Waals surface area contributed by atoms with Crippen LogP contribution >= 0.6 is 0 Å². The van der Waals surface area contributed by atoms with Gasteiger partial charge in [-0.05, 0) is 37.5 Å². The number of H-pyrrole nitrogens is 1. The van der Waals surface area contributed by atoms with Gasteiger partial charge >= 0.3 is 0 Å². The molecule has 6 nitrogen and oxygen atoms in total. The molecule has 0 atom stereocenters. The number of aromatic amines is 1. The van der Waals surface area contributed by atoms with Crippen LogP contribution < -0.4 is 5.32 Å². The minimum Gasteiger partial charge on any atom is -0.321 e. The third kappa shape index (κ3) is 1.91. The summed E-state index contributed by atoms with van der Waals surface area (Å²) in [6, 6.07) is 5.68. The molecule has 1 amide bonds. The maximum Gasteiger partial charge on any atom is 0.276 e. The first-order chi connectivity index (χ1) is 10.2. The zero-order valence-corrected chi connectivity index (χ0v) is 11.7. The highest BCUT2D eigenvalue weighted by Gasteiger charge is 2.25. The Morgan fingerprint density at radius 2 is 2.29 bits per heavy atom. The summed E-state index contributed by atoms with van der Waals surface area (Å²) in [5.74, 6) is -0.146. The van der Waals surface area contributed by atoms with Gasteiger partial charge in [-0.2, -0.15) is 10.2 Å². The summed E-state index contributed by atoms with van der Waals surface area (Å²) in [7, 11) is 1.90. The van der Waals surface area contributed by atoms with Crippen molar-refractivity contribution >= 4 is 22.5 Å². The molecule has 0 bridgehead atoms. The lowest BCUT2D eigenvalue weighted by molar-refractivity contribution is 0.102. The fourth-order valence-corrected chi connectivity index (χ4v) is 3.00. The van der Waals surface area contributed by atoms with E-state index in [1.165, 1.54) is 5.69 Å². The minimum atomic E-state index is -0.146. The normalized spacial score (nSPS) is 13.6. The molecule has 2 N–H and O–H groups in total. The van der Waals surface area contributed by atoms with Gasteiger partial charge in [0.05, 0.1) is 11.7 Å².